The molecule has 6 nitrogen and oxygen atoms in total. The summed E-state index contributed by atoms with van der Waals surface area (Å²) in [4.78, 5) is 12.3. The fourth-order valence-corrected chi connectivity index (χ4v) is 5.34. The van der Waals surface area contributed by atoms with Crippen molar-refractivity contribution in [3.8, 4) is 5.75 Å². The Morgan fingerprint density at radius 2 is 1.82 bits per heavy atom. The summed E-state index contributed by atoms with van der Waals surface area (Å²) in [6, 6.07) is 11.3. The SMILES string of the molecule is O=C(CSCc1ccc(Cl)cc1)Nc1cc(S(=O)(=O)N2CCCC2)ccc1O. The Balaban J connectivity index is 1.61. The number of rotatable bonds is 7. The first-order chi connectivity index (χ1) is 13.4. The van der Waals surface area contributed by atoms with Gasteiger partial charge in [-0.3, -0.25) is 4.79 Å². The van der Waals surface area contributed by atoms with Gasteiger partial charge in [-0.2, -0.15) is 4.31 Å². The van der Waals surface area contributed by atoms with Gasteiger partial charge in [-0.25, -0.2) is 8.42 Å². The molecule has 9 heteroatoms. The van der Waals surface area contributed by atoms with Crippen LogP contribution in [0, 0.1) is 0 Å². The number of halogens is 1. The molecule has 0 aromatic heterocycles. The van der Waals surface area contributed by atoms with Crippen LogP contribution >= 0.6 is 23.4 Å². The highest BCUT2D eigenvalue weighted by molar-refractivity contribution is 7.99. The molecule has 2 N–H and O–H groups in total. The lowest BCUT2D eigenvalue weighted by Gasteiger charge is -2.16. The highest BCUT2D eigenvalue weighted by atomic mass is 35.5. The molecule has 0 unspecified atom stereocenters. The molecule has 0 radical (unpaired) electrons. The van der Waals surface area contributed by atoms with Crippen molar-refractivity contribution in [3.63, 3.8) is 0 Å². The average Bonchev–Trinajstić information content (AvgIpc) is 3.21. The summed E-state index contributed by atoms with van der Waals surface area (Å²) in [5.74, 6) is 0.326. The van der Waals surface area contributed by atoms with E-state index in [1.807, 2.05) is 12.1 Å². The summed E-state index contributed by atoms with van der Waals surface area (Å²) in [5.41, 5.74) is 1.14. The van der Waals surface area contributed by atoms with Crippen molar-refractivity contribution in [3.05, 3.63) is 53.1 Å². The number of sulfonamides is 1. The Hall–Kier alpha value is -1.74. The van der Waals surface area contributed by atoms with Gasteiger partial charge in [-0.05, 0) is 48.7 Å². The van der Waals surface area contributed by atoms with Crippen molar-refractivity contribution in [2.75, 3.05) is 24.2 Å². The monoisotopic (exact) mass is 440 g/mol. The van der Waals surface area contributed by atoms with Gasteiger partial charge in [0.1, 0.15) is 5.75 Å². The van der Waals surface area contributed by atoms with Crippen molar-refractivity contribution in [1.82, 2.24) is 4.31 Å². The van der Waals surface area contributed by atoms with Crippen LogP contribution in [0.15, 0.2) is 47.4 Å². The molecule has 0 aliphatic carbocycles. The molecular weight excluding hydrogens is 420 g/mol. The molecule has 0 bridgehead atoms. The highest BCUT2D eigenvalue weighted by Crippen LogP contribution is 2.29. The average molecular weight is 441 g/mol. The molecule has 0 saturated carbocycles. The number of carbonyl (C=O) groups excluding carboxylic acids is 1. The predicted octanol–water partition coefficient (Wildman–Crippen LogP) is 3.70. The van der Waals surface area contributed by atoms with E-state index in [4.69, 9.17) is 11.6 Å². The van der Waals surface area contributed by atoms with Gasteiger partial charge in [0.05, 0.1) is 16.3 Å². The number of nitrogens with zero attached hydrogens (tertiary/aromatic N) is 1. The van der Waals surface area contributed by atoms with Gasteiger partial charge in [0.2, 0.25) is 15.9 Å². The first kappa shape index (κ1) is 21.0. The Morgan fingerprint density at radius 1 is 1.14 bits per heavy atom. The molecule has 0 spiro atoms. The van der Waals surface area contributed by atoms with E-state index in [-0.39, 0.29) is 28.0 Å². The first-order valence-corrected chi connectivity index (χ1v) is 11.8. The van der Waals surface area contributed by atoms with Crippen molar-refractivity contribution < 1.29 is 18.3 Å². The van der Waals surface area contributed by atoms with Gasteiger partial charge in [-0.1, -0.05) is 23.7 Å². The molecule has 3 rings (SSSR count). The second-order valence-electron chi connectivity index (χ2n) is 6.46. The van der Waals surface area contributed by atoms with Crippen molar-refractivity contribution >= 4 is 45.0 Å². The van der Waals surface area contributed by atoms with Gasteiger partial charge in [0.25, 0.3) is 0 Å². The number of carbonyl (C=O) groups is 1. The van der Waals surface area contributed by atoms with E-state index in [1.54, 1.807) is 12.1 Å². The molecule has 1 aliphatic heterocycles. The standard InChI is InChI=1S/C19H21ClN2O4S2/c20-15-5-3-14(4-6-15)12-27-13-19(24)21-17-11-16(7-8-18(17)23)28(25,26)22-9-1-2-10-22/h3-8,11,23H,1-2,9-10,12-13H2,(H,21,24). The molecule has 1 aliphatic rings. The normalized spacial score (nSPS) is 14.9. The number of thioether (sulfide) groups is 1. The van der Waals surface area contributed by atoms with E-state index < -0.39 is 10.0 Å². The number of benzene rings is 2. The molecule has 1 heterocycles. The minimum absolute atomic E-state index is 0.0660. The zero-order chi connectivity index (χ0) is 20.1. The van der Waals surface area contributed by atoms with Crippen molar-refractivity contribution in [1.29, 1.82) is 0 Å². The third-order valence-electron chi connectivity index (χ3n) is 4.36. The van der Waals surface area contributed by atoms with Gasteiger partial charge in [0, 0.05) is 23.9 Å². The smallest absolute Gasteiger partial charge is 0.243 e. The van der Waals surface area contributed by atoms with Crippen LogP contribution in [0.1, 0.15) is 18.4 Å². The molecule has 1 amide bonds. The number of aromatic hydroxyl groups is 1. The Bertz CT molecular complexity index is 943. The summed E-state index contributed by atoms with van der Waals surface area (Å²) in [6.45, 7) is 0.985. The van der Waals surface area contributed by atoms with E-state index in [1.165, 1.54) is 34.3 Å². The Labute approximate surface area is 173 Å². The third kappa shape index (κ3) is 5.20. The summed E-state index contributed by atoms with van der Waals surface area (Å²) >= 11 is 7.26. The molecule has 28 heavy (non-hydrogen) atoms. The zero-order valence-electron chi connectivity index (χ0n) is 15.1. The second kappa shape index (κ2) is 9.17. The number of phenols is 1. The predicted molar refractivity (Wildman–Crippen MR) is 112 cm³/mol. The minimum Gasteiger partial charge on any atom is -0.506 e. The molecular formula is C19H21ClN2O4S2. The topological polar surface area (TPSA) is 86.7 Å². The van der Waals surface area contributed by atoms with E-state index in [0.717, 1.165) is 18.4 Å². The van der Waals surface area contributed by atoms with Crippen LogP contribution in [0.25, 0.3) is 0 Å². The van der Waals surface area contributed by atoms with Crippen LogP contribution < -0.4 is 5.32 Å². The third-order valence-corrected chi connectivity index (χ3v) is 7.51. The summed E-state index contributed by atoms with van der Waals surface area (Å²) in [6.07, 6.45) is 1.68. The molecule has 1 fully saturated rings. The van der Waals surface area contributed by atoms with Crippen LogP contribution in [0.4, 0.5) is 5.69 Å². The van der Waals surface area contributed by atoms with Crippen molar-refractivity contribution in [2.45, 2.75) is 23.5 Å². The lowest BCUT2D eigenvalue weighted by molar-refractivity contribution is -0.113. The maximum absolute atomic E-state index is 12.7. The van der Waals surface area contributed by atoms with E-state index in [0.29, 0.717) is 23.9 Å². The lowest BCUT2D eigenvalue weighted by Crippen LogP contribution is -2.28. The molecule has 1 saturated heterocycles. The summed E-state index contributed by atoms with van der Waals surface area (Å²) < 4.78 is 26.7. The maximum atomic E-state index is 12.7. The number of hydrogen-bond donors (Lipinski definition) is 2. The minimum atomic E-state index is -3.62. The number of phenolic OH excluding ortho intramolecular Hbond substituents is 1. The summed E-state index contributed by atoms with van der Waals surface area (Å²) in [5, 5.41) is 13.3. The van der Waals surface area contributed by atoms with E-state index >= 15 is 0 Å². The zero-order valence-corrected chi connectivity index (χ0v) is 17.5. The van der Waals surface area contributed by atoms with Crippen LogP contribution in [0.2, 0.25) is 5.02 Å². The van der Waals surface area contributed by atoms with Gasteiger partial charge < -0.3 is 10.4 Å². The number of nitrogens with one attached hydrogen (secondary N) is 1. The summed E-state index contributed by atoms with van der Waals surface area (Å²) in [7, 11) is -3.62. The number of anilines is 1. The van der Waals surface area contributed by atoms with Gasteiger partial charge in [0.15, 0.2) is 0 Å². The van der Waals surface area contributed by atoms with E-state index in [9.17, 15) is 18.3 Å². The van der Waals surface area contributed by atoms with Crippen LogP contribution in [-0.4, -0.2) is 42.6 Å². The number of hydrogen-bond acceptors (Lipinski definition) is 5. The highest BCUT2D eigenvalue weighted by Gasteiger charge is 2.27. The molecule has 2 aromatic rings. The van der Waals surface area contributed by atoms with Gasteiger partial charge >= 0.3 is 0 Å². The second-order valence-corrected chi connectivity index (χ2v) is 9.82. The number of amides is 1. The van der Waals surface area contributed by atoms with Crippen LogP contribution in [0.3, 0.4) is 0 Å². The first-order valence-electron chi connectivity index (χ1n) is 8.81. The molecule has 0 atom stereocenters. The molecule has 2 aromatic carbocycles. The van der Waals surface area contributed by atoms with Crippen LogP contribution in [-0.2, 0) is 20.6 Å². The van der Waals surface area contributed by atoms with E-state index in [2.05, 4.69) is 5.32 Å². The fourth-order valence-electron chi connectivity index (χ4n) is 2.88. The van der Waals surface area contributed by atoms with Gasteiger partial charge in [-0.15, -0.1) is 11.8 Å². The Morgan fingerprint density at radius 3 is 2.50 bits per heavy atom. The van der Waals surface area contributed by atoms with Crippen LogP contribution in [0.5, 0.6) is 5.75 Å². The quantitative estimate of drug-likeness (QED) is 0.641. The maximum Gasteiger partial charge on any atom is 0.243 e. The van der Waals surface area contributed by atoms with Crippen molar-refractivity contribution in [2.24, 2.45) is 0 Å². The fraction of sp³-hybridized carbons (Fsp3) is 0.316. The lowest BCUT2D eigenvalue weighted by atomic mass is 10.2. The Kier molecular flexibility index (Phi) is 6.87. The molecule has 150 valence electrons. The largest absolute Gasteiger partial charge is 0.506 e.